The number of benzene rings is 9. The van der Waals surface area contributed by atoms with Gasteiger partial charge in [0.05, 0.1) is 6.15 Å². The van der Waals surface area contributed by atoms with E-state index in [4.69, 9.17) is 0 Å². The molecule has 0 spiro atoms. The predicted molar refractivity (Wildman–Crippen MR) is 209 cm³/mol. The number of hydrogen-bond donors (Lipinski definition) is 0. The third-order valence-corrected chi connectivity index (χ3v) is 10.9. The molecule has 0 N–H and O–H groups in total. The Kier molecular flexibility index (Phi) is 6.61. The molecule has 0 bridgehead atoms. The first-order valence-corrected chi connectivity index (χ1v) is 17.1. The van der Waals surface area contributed by atoms with Gasteiger partial charge in [0.25, 0.3) is 0 Å². The molecule has 1 heteroatoms. The zero-order chi connectivity index (χ0) is 31.4. The zero-order valence-corrected chi connectivity index (χ0v) is 26.8. The van der Waals surface area contributed by atoms with Gasteiger partial charge < -0.3 is 0 Å². The van der Waals surface area contributed by atoms with Gasteiger partial charge in [0, 0.05) is 0 Å². The topological polar surface area (TPSA) is 0 Å². The number of fused-ring (bicyclic) bond motifs is 6. The van der Waals surface area contributed by atoms with Crippen molar-refractivity contribution in [3.8, 4) is 0 Å². The molecule has 0 radical (unpaired) electrons. The number of rotatable bonds is 6. The molecule has 9 aromatic carbocycles. The van der Waals surface area contributed by atoms with Crippen LogP contribution in [0.2, 0.25) is 6.32 Å². The number of hydrogen-bond acceptors (Lipinski definition) is 0. The highest BCUT2D eigenvalue weighted by atomic mass is 14.1. The Morgan fingerprint density at radius 2 is 0.596 bits per heavy atom. The van der Waals surface area contributed by atoms with Crippen LogP contribution in [-0.2, 0) is 0 Å². The summed E-state index contributed by atoms with van der Waals surface area (Å²) in [7, 11) is 0. The van der Waals surface area contributed by atoms with Gasteiger partial charge in [0.2, 0.25) is 0 Å². The molecule has 0 atom stereocenters. The first-order chi connectivity index (χ1) is 23.2. The molecule has 0 unspecified atom stereocenters. The SMILES string of the molecule is CCCC[B-](c1ccc2cc3ccccc3cc2c1)(c1ccc2cc3ccccc3cc2c1)c1ccc2cc3ccccc3cc2c1. The molecule has 0 aliphatic heterocycles. The van der Waals surface area contributed by atoms with E-state index < -0.39 is 6.15 Å². The lowest BCUT2D eigenvalue weighted by Gasteiger charge is -2.44. The van der Waals surface area contributed by atoms with Crippen LogP contribution in [0, 0.1) is 0 Å². The molecule has 224 valence electrons. The summed E-state index contributed by atoms with van der Waals surface area (Å²) in [6.07, 6.45) is 2.09. The molecule has 0 amide bonds. The third-order valence-electron chi connectivity index (χ3n) is 10.9. The van der Waals surface area contributed by atoms with Crippen LogP contribution < -0.4 is 16.4 Å². The molecule has 9 aromatic rings. The monoisotopic (exact) mass is 599 g/mol. The molecule has 0 saturated heterocycles. The standard InChI is InChI=1S/C46H36B/c1-2-3-22-47(44-19-16-38-23-32-10-4-7-13-35(32)26-41(38)29-44,45-20-17-39-24-33-11-5-8-14-36(33)27-42(39)30-45)46-21-18-40-25-34-12-6-9-15-37(34)28-43(40)31-46/h4-21,23-31H,2-3,22H2,1H3/q-1. The fourth-order valence-corrected chi connectivity index (χ4v) is 8.38. The van der Waals surface area contributed by atoms with Crippen molar-refractivity contribution in [1.29, 1.82) is 0 Å². The average Bonchev–Trinajstić information content (AvgIpc) is 3.12. The van der Waals surface area contributed by atoms with Gasteiger partial charge in [-0.15, -0.1) is 0 Å². The highest BCUT2D eigenvalue weighted by Crippen LogP contribution is 2.29. The highest BCUT2D eigenvalue weighted by Gasteiger charge is 2.30. The van der Waals surface area contributed by atoms with Gasteiger partial charge in [-0.25, -0.2) is 0 Å². The van der Waals surface area contributed by atoms with Crippen molar-refractivity contribution in [2.45, 2.75) is 26.1 Å². The van der Waals surface area contributed by atoms with Crippen LogP contribution in [0.15, 0.2) is 164 Å². The Morgan fingerprint density at radius 1 is 0.319 bits per heavy atom. The predicted octanol–water partition coefficient (Wildman–Crippen LogP) is 10.9. The maximum Gasteiger partial charge on any atom is 0.0815 e. The van der Waals surface area contributed by atoms with Crippen molar-refractivity contribution < 1.29 is 0 Å². The van der Waals surface area contributed by atoms with Crippen molar-refractivity contribution >= 4 is 87.2 Å². The van der Waals surface area contributed by atoms with Gasteiger partial charge >= 0.3 is 0 Å². The van der Waals surface area contributed by atoms with E-state index in [9.17, 15) is 0 Å². The molecule has 9 rings (SSSR count). The Morgan fingerprint density at radius 3 is 0.894 bits per heavy atom. The molecule has 0 aliphatic carbocycles. The van der Waals surface area contributed by atoms with Crippen molar-refractivity contribution in [1.82, 2.24) is 0 Å². The summed E-state index contributed by atoms with van der Waals surface area (Å²) in [5, 5.41) is 15.6. The first kappa shape index (κ1) is 27.9. The van der Waals surface area contributed by atoms with Gasteiger partial charge in [0.1, 0.15) is 0 Å². The Bertz CT molecular complexity index is 2340. The summed E-state index contributed by atoms with van der Waals surface area (Å²) in [4.78, 5) is 0. The molecule has 0 heterocycles. The second-order valence-electron chi connectivity index (χ2n) is 13.6. The molecule has 0 saturated carbocycles. The van der Waals surface area contributed by atoms with Crippen LogP contribution in [0.25, 0.3) is 64.6 Å². The Labute approximate surface area is 276 Å². The van der Waals surface area contributed by atoms with Crippen LogP contribution in [0.1, 0.15) is 19.8 Å². The molecule has 0 aromatic heterocycles. The Balaban J connectivity index is 1.34. The first-order valence-electron chi connectivity index (χ1n) is 17.1. The minimum atomic E-state index is -1.30. The highest BCUT2D eigenvalue weighted by molar-refractivity contribution is 7.11. The maximum atomic E-state index is 2.51. The van der Waals surface area contributed by atoms with Crippen molar-refractivity contribution in [2.75, 3.05) is 0 Å². The van der Waals surface area contributed by atoms with Crippen LogP contribution in [0.3, 0.4) is 0 Å². The van der Waals surface area contributed by atoms with Gasteiger partial charge in [-0.2, -0.15) is 22.7 Å². The van der Waals surface area contributed by atoms with E-state index in [1.54, 1.807) is 0 Å². The number of unbranched alkanes of at least 4 members (excludes halogenated alkanes) is 1. The van der Waals surface area contributed by atoms with Gasteiger partial charge in [-0.3, -0.25) is 0 Å². The van der Waals surface area contributed by atoms with Crippen LogP contribution in [0.5, 0.6) is 0 Å². The molecule has 0 aliphatic rings. The molecule has 0 nitrogen and oxygen atoms in total. The largest absolute Gasteiger partial charge is 0.199 e. The molecule has 0 fully saturated rings. The summed E-state index contributed by atoms with van der Waals surface area (Å²) in [6, 6.07) is 62.3. The molecular weight excluding hydrogens is 563 g/mol. The van der Waals surface area contributed by atoms with Crippen molar-refractivity contribution in [3.05, 3.63) is 164 Å². The van der Waals surface area contributed by atoms with E-state index in [1.807, 2.05) is 0 Å². The minimum Gasteiger partial charge on any atom is -0.199 e. The summed E-state index contributed by atoms with van der Waals surface area (Å²) in [5.74, 6) is 0. The summed E-state index contributed by atoms with van der Waals surface area (Å²) in [5.41, 5.74) is 4.25. The van der Waals surface area contributed by atoms with Crippen LogP contribution in [-0.4, -0.2) is 6.15 Å². The fraction of sp³-hybridized carbons (Fsp3) is 0.0870. The summed E-state index contributed by atoms with van der Waals surface area (Å²) >= 11 is 0. The van der Waals surface area contributed by atoms with Crippen LogP contribution >= 0.6 is 0 Å². The zero-order valence-electron chi connectivity index (χ0n) is 26.8. The fourth-order valence-electron chi connectivity index (χ4n) is 8.38. The lowest BCUT2D eigenvalue weighted by molar-refractivity contribution is 0.874. The smallest absolute Gasteiger partial charge is 0.0815 e. The van der Waals surface area contributed by atoms with Crippen LogP contribution in [0.4, 0.5) is 0 Å². The summed E-state index contributed by atoms with van der Waals surface area (Å²) in [6.45, 7) is 2.33. The minimum absolute atomic E-state index is 1.09. The van der Waals surface area contributed by atoms with Gasteiger partial charge in [-0.05, 0) is 101 Å². The molecular formula is C46H36B-. The van der Waals surface area contributed by atoms with E-state index >= 15 is 0 Å². The van der Waals surface area contributed by atoms with E-state index in [1.165, 1.54) is 81.0 Å². The normalized spacial score (nSPS) is 12.2. The lowest BCUT2D eigenvalue weighted by atomic mass is 9.14. The quantitative estimate of drug-likeness (QED) is 0.132. The second-order valence-corrected chi connectivity index (χ2v) is 13.6. The summed E-state index contributed by atoms with van der Waals surface area (Å²) < 4.78 is 0. The van der Waals surface area contributed by atoms with E-state index in [0.29, 0.717) is 0 Å². The third kappa shape index (κ3) is 4.69. The average molecular weight is 600 g/mol. The van der Waals surface area contributed by atoms with E-state index in [2.05, 4.69) is 171 Å². The van der Waals surface area contributed by atoms with E-state index in [0.717, 1.165) is 19.2 Å². The maximum absolute atomic E-state index is 2.51. The van der Waals surface area contributed by atoms with Gasteiger partial charge in [-0.1, -0.05) is 147 Å². The van der Waals surface area contributed by atoms with Crippen molar-refractivity contribution in [3.63, 3.8) is 0 Å². The Hall–Kier alpha value is -5.40. The molecule has 47 heavy (non-hydrogen) atoms. The lowest BCUT2D eigenvalue weighted by Crippen LogP contribution is -2.67. The van der Waals surface area contributed by atoms with E-state index in [-0.39, 0.29) is 0 Å². The van der Waals surface area contributed by atoms with Gasteiger partial charge in [0.15, 0.2) is 0 Å². The van der Waals surface area contributed by atoms with Crippen molar-refractivity contribution in [2.24, 2.45) is 0 Å². The second kappa shape index (κ2) is 11.1.